The third-order valence-corrected chi connectivity index (χ3v) is 11.7. The second-order valence-electron chi connectivity index (χ2n) is 17.2. The number of amides is 1. The summed E-state index contributed by atoms with van der Waals surface area (Å²) in [5, 5.41) is 43.6. The third-order valence-electron chi connectivity index (χ3n) is 11.7. The number of carbonyl (C=O) groups excluding carboxylic acids is 1. The summed E-state index contributed by atoms with van der Waals surface area (Å²) < 4.78 is 0. The van der Waals surface area contributed by atoms with Crippen molar-refractivity contribution >= 4 is 5.91 Å². The highest BCUT2D eigenvalue weighted by molar-refractivity contribution is 5.80. The molecule has 5 N–H and O–H groups in total. The minimum Gasteiger partial charge on any atom is -0.394 e. The number of aliphatic hydroxyl groups excluding tert-OH is 4. The van der Waals surface area contributed by atoms with E-state index >= 15 is 0 Å². The number of allylic oxidation sites excluding steroid dienone is 2. The van der Waals surface area contributed by atoms with Gasteiger partial charge in [-0.1, -0.05) is 238 Å². The first kappa shape index (κ1) is 54.0. The summed E-state index contributed by atoms with van der Waals surface area (Å²) in [5.41, 5.74) is 0. The molecule has 0 saturated carbocycles. The fourth-order valence-electron chi connectivity index (χ4n) is 7.82. The lowest BCUT2D eigenvalue weighted by molar-refractivity contribution is -0.132. The monoisotopic (exact) mass is 780 g/mol. The molecular weight excluding hydrogens is 683 g/mol. The van der Waals surface area contributed by atoms with Crippen LogP contribution in [-0.2, 0) is 4.79 Å². The van der Waals surface area contributed by atoms with E-state index in [-0.39, 0.29) is 0 Å². The van der Waals surface area contributed by atoms with E-state index in [2.05, 4.69) is 31.3 Å². The summed E-state index contributed by atoms with van der Waals surface area (Å²) in [4.78, 5) is 12.5. The van der Waals surface area contributed by atoms with Crippen molar-refractivity contribution in [3.8, 4) is 0 Å². The second-order valence-corrected chi connectivity index (χ2v) is 17.2. The summed E-state index contributed by atoms with van der Waals surface area (Å²) in [7, 11) is 0. The fraction of sp³-hybridized carbons (Fsp3) is 0.939. The van der Waals surface area contributed by atoms with Crippen LogP contribution in [-0.4, -0.2) is 57.3 Å². The summed E-state index contributed by atoms with van der Waals surface area (Å²) >= 11 is 0. The Morgan fingerprint density at radius 2 is 0.745 bits per heavy atom. The van der Waals surface area contributed by atoms with E-state index in [0.29, 0.717) is 12.8 Å². The molecule has 1 amide bonds. The number of unbranched alkanes of at least 4 members (excludes halogenated alkanes) is 34. The molecule has 55 heavy (non-hydrogen) atoms. The van der Waals surface area contributed by atoms with Crippen LogP contribution in [0.1, 0.15) is 264 Å². The van der Waals surface area contributed by atoms with Crippen LogP contribution < -0.4 is 5.32 Å². The van der Waals surface area contributed by atoms with Crippen molar-refractivity contribution in [2.24, 2.45) is 0 Å². The minimum atomic E-state index is -1.28. The molecule has 0 fully saturated rings. The molecule has 4 unspecified atom stereocenters. The average molecular weight is 780 g/mol. The Morgan fingerprint density at radius 3 is 1.09 bits per heavy atom. The fourth-order valence-corrected chi connectivity index (χ4v) is 7.82. The van der Waals surface area contributed by atoms with E-state index in [1.54, 1.807) is 0 Å². The van der Waals surface area contributed by atoms with Crippen molar-refractivity contribution < 1.29 is 25.2 Å². The van der Waals surface area contributed by atoms with Crippen molar-refractivity contribution in [1.82, 2.24) is 5.32 Å². The molecule has 0 spiro atoms. The first-order valence-electron chi connectivity index (χ1n) is 24.6. The lowest BCUT2D eigenvalue weighted by Crippen LogP contribution is -2.53. The molecule has 0 aliphatic carbocycles. The molecular formula is C49H97NO5. The van der Waals surface area contributed by atoms with E-state index in [4.69, 9.17) is 0 Å². The summed E-state index contributed by atoms with van der Waals surface area (Å²) in [6, 6.07) is -0.996. The first-order valence-corrected chi connectivity index (χ1v) is 24.6. The van der Waals surface area contributed by atoms with Crippen LogP contribution >= 0.6 is 0 Å². The molecule has 0 aliphatic heterocycles. The van der Waals surface area contributed by atoms with E-state index in [1.807, 2.05) is 0 Å². The zero-order chi connectivity index (χ0) is 40.3. The van der Waals surface area contributed by atoms with Crippen LogP contribution in [0, 0.1) is 0 Å². The van der Waals surface area contributed by atoms with Gasteiger partial charge in [0.05, 0.1) is 18.8 Å². The van der Waals surface area contributed by atoms with Crippen LogP contribution in [0.3, 0.4) is 0 Å². The van der Waals surface area contributed by atoms with Crippen molar-refractivity contribution in [2.75, 3.05) is 6.61 Å². The second kappa shape index (κ2) is 44.2. The van der Waals surface area contributed by atoms with Crippen molar-refractivity contribution in [3.63, 3.8) is 0 Å². The van der Waals surface area contributed by atoms with Gasteiger partial charge in [-0.2, -0.15) is 0 Å². The molecule has 6 nitrogen and oxygen atoms in total. The number of rotatable bonds is 45. The first-order chi connectivity index (χ1) is 27.0. The number of carbonyl (C=O) groups is 1. The number of nitrogens with one attached hydrogen (secondary N) is 1. The Morgan fingerprint density at radius 1 is 0.436 bits per heavy atom. The maximum Gasteiger partial charge on any atom is 0.249 e. The van der Waals surface area contributed by atoms with Crippen molar-refractivity contribution in [3.05, 3.63) is 12.2 Å². The molecule has 0 aromatic carbocycles. The Balaban J connectivity index is 3.55. The molecule has 0 aliphatic rings. The number of hydrogen-bond acceptors (Lipinski definition) is 5. The van der Waals surface area contributed by atoms with E-state index < -0.39 is 36.9 Å². The highest BCUT2D eigenvalue weighted by atomic mass is 16.3. The molecule has 0 radical (unpaired) electrons. The van der Waals surface area contributed by atoms with Gasteiger partial charge < -0.3 is 25.7 Å². The van der Waals surface area contributed by atoms with E-state index in [9.17, 15) is 25.2 Å². The minimum absolute atomic E-state index is 0.368. The van der Waals surface area contributed by atoms with Crippen LogP contribution in [0.4, 0.5) is 0 Å². The summed E-state index contributed by atoms with van der Waals surface area (Å²) in [5.74, 6) is -0.590. The highest BCUT2D eigenvalue weighted by Crippen LogP contribution is 2.17. The maximum absolute atomic E-state index is 12.5. The standard InChI is InChI=1S/C49H97NO5/c1-3-5-7-9-11-13-15-16-17-18-19-20-21-22-23-24-25-26-27-28-29-30-31-32-33-35-37-39-41-43-47(53)49(55)50-45(44-51)48(54)46(52)42-40-38-36-34-14-12-10-8-6-4-2/h34,36,45-48,51-54H,3-33,35,37-44H2,1-2H3,(H,50,55)/b36-34+. The normalized spacial score (nSPS) is 14.1. The van der Waals surface area contributed by atoms with E-state index in [1.165, 1.54) is 199 Å². The third kappa shape index (κ3) is 38.3. The van der Waals surface area contributed by atoms with Crippen LogP contribution in [0.2, 0.25) is 0 Å². The molecule has 6 heteroatoms. The predicted molar refractivity (Wildman–Crippen MR) is 238 cm³/mol. The van der Waals surface area contributed by atoms with Gasteiger partial charge in [0.2, 0.25) is 5.91 Å². The molecule has 0 rings (SSSR count). The molecule has 0 aromatic rings. The van der Waals surface area contributed by atoms with Gasteiger partial charge in [-0.05, 0) is 38.5 Å². The topological polar surface area (TPSA) is 110 Å². The van der Waals surface area contributed by atoms with Gasteiger partial charge in [0.1, 0.15) is 12.2 Å². The van der Waals surface area contributed by atoms with E-state index in [0.717, 1.165) is 38.5 Å². The largest absolute Gasteiger partial charge is 0.394 e. The molecule has 0 aromatic heterocycles. The lowest BCUT2D eigenvalue weighted by Gasteiger charge is -2.27. The Bertz CT molecular complexity index is 791. The van der Waals surface area contributed by atoms with Gasteiger partial charge in [-0.25, -0.2) is 0 Å². The molecule has 0 bridgehead atoms. The van der Waals surface area contributed by atoms with Crippen LogP contribution in [0.25, 0.3) is 0 Å². The zero-order valence-corrected chi connectivity index (χ0v) is 36.9. The number of hydrogen-bond donors (Lipinski definition) is 5. The molecule has 0 heterocycles. The molecule has 328 valence electrons. The SMILES string of the molecule is CCCCCCC/C=C/CCCC(O)C(O)C(CO)NC(=O)C(O)CCCCCCCCCCCCCCCCCCCCCCCCCCCCCCC. The molecule has 4 atom stereocenters. The smallest absolute Gasteiger partial charge is 0.249 e. The van der Waals surface area contributed by atoms with Gasteiger partial charge >= 0.3 is 0 Å². The van der Waals surface area contributed by atoms with Crippen LogP contribution in [0.15, 0.2) is 12.2 Å². The quantitative estimate of drug-likeness (QED) is 0.0312. The molecule has 0 saturated heterocycles. The van der Waals surface area contributed by atoms with Crippen LogP contribution in [0.5, 0.6) is 0 Å². The number of aliphatic hydroxyl groups is 4. The Kier molecular flexibility index (Phi) is 43.4. The van der Waals surface area contributed by atoms with Gasteiger partial charge in [-0.3, -0.25) is 4.79 Å². The summed E-state index contributed by atoms with van der Waals surface area (Å²) in [6.07, 6.45) is 50.0. The van der Waals surface area contributed by atoms with Gasteiger partial charge in [0, 0.05) is 0 Å². The van der Waals surface area contributed by atoms with Crippen molar-refractivity contribution in [1.29, 1.82) is 0 Å². The highest BCUT2D eigenvalue weighted by Gasteiger charge is 2.28. The Hall–Kier alpha value is -0.950. The predicted octanol–water partition coefficient (Wildman–Crippen LogP) is 13.4. The average Bonchev–Trinajstić information content (AvgIpc) is 3.19. The Labute approximate surface area is 342 Å². The van der Waals surface area contributed by atoms with Gasteiger partial charge in [-0.15, -0.1) is 0 Å². The van der Waals surface area contributed by atoms with Crippen molar-refractivity contribution in [2.45, 2.75) is 289 Å². The van der Waals surface area contributed by atoms with Gasteiger partial charge in [0.25, 0.3) is 0 Å². The van der Waals surface area contributed by atoms with Gasteiger partial charge in [0.15, 0.2) is 0 Å². The maximum atomic E-state index is 12.5. The lowest BCUT2D eigenvalue weighted by atomic mass is 10.00. The summed E-state index contributed by atoms with van der Waals surface area (Å²) in [6.45, 7) is 4.02. The zero-order valence-electron chi connectivity index (χ0n) is 36.9.